The summed E-state index contributed by atoms with van der Waals surface area (Å²) in [5.41, 5.74) is -2.84. The van der Waals surface area contributed by atoms with E-state index < -0.39 is 18.8 Å². The van der Waals surface area contributed by atoms with Crippen molar-refractivity contribution < 1.29 is 22.9 Å². The smallest absolute Gasteiger partial charge is 0.348 e. The fraction of sp³-hybridized carbons (Fsp3) is 0.211. The Balaban J connectivity index is 1.83. The van der Waals surface area contributed by atoms with E-state index in [1.54, 1.807) is 0 Å². The molecule has 0 saturated heterocycles. The lowest BCUT2D eigenvalue weighted by atomic mass is 10.1. The number of fused-ring (bicyclic) bond motifs is 1. The summed E-state index contributed by atoms with van der Waals surface area (Å²) >= 11 is 1.18. The molecule has 3 aromatic rings. The Bertz CT molecular complexity index is 992. The lowest BCUT2D eigenvalue weighted by molar-refractivity contribution is 0.0478. The highest BCUT2D eigenvalue weighted by Gasteiger charge is 2.44. The number of hydrogen-bond donors (Lipinski definition) is 0. The molecule has 0 saturated carbocycles. The number of alkyl halides is 2. The lowest BCUT2D eigenvalue weighted by Gasteiger charge is -2.21. The molecule has 0 aliphatic rings. The summed E-state index contributed by atoms with van der Waals surface area (Å²) in [5, 5.41) is 0.507. The second-order valence-corrected chi connectivity index (χ2v) is 10.7. The molecule has 0 N–H and O–H groups in total. The molecule has 0 fully saturated rings. The van der Waals surface area contributed by atoms with E-state index >= 15 is 0 Å². The second-order valence-electron chi connectivity index (χ2n) is 6.32. The quantitative estimate of drug-likeness (QED) is 0.398. The van der Waals surface area contributed by atoms with E-state index in [1.165, 1.54) is 35.6 Å². The number of rotatable bonds is 5. The molecule has 3 rings (SSSR count). The molecule has 26 heavy (non-hydrogen) atoms. The highest BCUT2D eigenvalue weighted by Crippen LogP contribution is 2.60. The van der Waals surface area contributed by atoms with Crippen LogP contribution in [0, 0.1) is 0 Å². The van der Waals surface area contributed by atoms with Crippen molar-refractivity contribution in [3.05, 3.63) is 70.6 Å². The van der Waals surface area contributed by atoms with Gasteiger partial charge in [0.1, 0.15) is 11.5 Å². The highest BCUT2D eigenvalue weighted by atomic mass is 32.1. The van der Waals surface area contributed by atoms with Crippen LogP contribution in [-0.2, 0) is 21.6 Å². The topological polar surface area (TPSA) is 43.4 Å². The summed E-state index contributed by atoms with van der Waals surface area (Å²) in [6, 6.07) is 14.9. The van der Waals surface area contributed by atoms with Crippen LogP contribution in [0.5, 0.6) is 0 Å². The van der Waals surface area contributed by atoms with Crippen molar-refractivity contribution in [2.24, 2.45) is 0 Å². The Labute approximate surface area is 154 Å². The predicted molar refractivity (Wildman–Crippen MR) is 101 cm³/mol. The summed E-state index contributed by atoms with van der Waals surface area (Å²) in [5.74, 6) is -0.500. The van der Waals surface area contributed by atoms with Crippen LogP contribution >= 0.6 is 18.5 Å². The van der Waals surface area contributed by atoms with Gasteiger partial charge in [-0.25, -0.2) is 4.79 Å². The number of hydrogen-bond acceptors (Lipinski definition) is 4. The van der Waals surface area contributed by atoms with Gasteiger partial charge in [-0.15, -0.1) is 11.3 Å². The zero-order valence-corrected chi connectivity index (χ0v) is 16.0. The van der Waals surface area contributed by atoms with Crippen LogP contribution in [0.15, 0.2) is 54.6 Å². The number of ether oxygens (including phenoxy) is 1. The number of thiophene rings is 1. The van der Waals surface area contributed by atoms with Gasteiger partial charge in [0.05, 0.1) is 0 Å². The van der Waals surface area contributed by atoms with Gasteiger partial charge in [0.25, 0.3) is 0 Å². The van der Waals surface area contributed by atoms with Gasteiger partial charge in [-0.05, 0) is 42.5 Å². The number of carbonyl (C=O) groups is 1. The first-order valence-electron chi connectivity index (χ1n) is 7.86. The van der Waals surface area contributed by atoms with Gasteiger partial charge in [-0.1, -0.05) is 36.4 Å². The van der Waals surface area contributed by atoms with Gasteiger partial charge >= 0.3 is 11.6 Å². The third-order valence-corrected chi connectivity index (χ3v) is 6.66. The van der Waals surface area contributed by atoms with Crippen molar-refractivity contribution >= 4 is 34.5 Å². The fourth-order valence-corrected chi connectivity index (χ4v) is 4.13. The first kappa shape index (κ1) is 18.7. The van der Waals surface area contributed by atoms with E-state index in [1.807, 2.05) is 30.3 Å². The Hall–Kier alpha value is -2.04. The van der Waals surface area contributed by atoms with Crippen LogP contribution in [0.25, 0.3) is 10.1 Å². The highest BCUT2D eigenvalue weighted by molar-refractivity contribution is 7.63. The molecule has 0 atom stereocenters. The molecule has 0 bridgehead atoms. The molecular weight excluding hydrogens is 377 g/mol. The molecule has 136 valence electrons. The van der Waals surface area contributed by atoms with E-state index in [-0.39, 0.29) is 12.2 Å². The normalized spacial score (nSPS) is 12.3. The van der Waals surface area contributed by atoms with Crippen LogP contribution in [-0.4, -0.2) is 19.3 Å². The molecule has 1 heterocycles. The minimum absolute atomic E-state index is 0.145. The van der Waals surface area contributed by atoms with Crippen LogP contribution in [0.2, 0.25) is 0 Å². The maximum absolute atomic E-state index is 14.3. The number of benzene rings is 2. The van der Waals surface area contributed by atoms with E-state index in [4.69, 9.17) is 4.74 Å². The van der Waals surface area contributed by atoms with E-state index in [0.717, 1.165) is 18.9 Å². The number of esters is 1. The van der Waals surface area contributed by atoms with Gasteiger partial charge in [-0.2, -0.15) is 8.78 Å². The van der Waals surface area contributed by atoms with Gasteiger partial charge in [-0.3, -0.25) is 0 Å². The Morgan fingerprint density at radius 3 is 2.46 bits per heavy atom. The van der Waals surface area contributed by atoms with Crippen molar-refractivity contribution in [3.8, 4) is 0 Å². The monoisotopic (exact) mass is 394 g/mol. The maximum atomic E-state index is 14.3. The Morgan fingerprint density at radius 2 is 1.81 bits per heavy atom. The third-order valence-electron chi connectivity index (χ3n) is 3.95. The minimum atomic E-state index is -3.65. The number of halogens is 2. The maximum Gasteiger partial charge on any atom is 0.348 e. The van der Waals surface area contributed by atoms with Crippen molar-refractivity contribution in [2.75, 3.05) is 13.3 Å². The van der Waals surface area contributed by atoms with Crippen LogP contribution in [0.4, 0.5) is 8.78 Å². The molecule has 2 aromatic carbocycles. The molecule has 0 amide bonds. The van der Waals surface area contributed by atoms with Crippen molar-refractivity contribution in [1.29, 1.82) is 0 Å². The summed E-state index contributed by atoms with van der Waals surface area (Å²) in [6.07, 6.45) is 0. The Kier molecular flexibility index (Phi) is 5.00. The fourth-order valence-electron chi connectivity index (χ4n) is 2.44. The summed E-state index contributed by atoms with van der Waals surface area (Å²) in [4.78, 5) is 12.6. The minimum Gasteiger partial charge on any atom is -0.457 e. The Morgan fingerprint density at radius 1 is 1.12 bits per heavy atom. The first-order chi connectivity index (χ1) is 12.2. The zero-order valence-electron chi connectivity index (χ0n) is 14.2. The van der Waals surface area contributed by atoms with Crippen LogP contribution < -0.4 is 0 Å². The van der Waals surface area contributed by atoms with Crippen molar-refractivity contribution in [2.45, 2.75) is 12.3 Å². The van der Waals surface area contributed by atoms with Gasteiger partial charge in [0.15, 0.2) is 7.14 Å². The molecule has 1 aromatic heterocycles. The summed E-state index contributed by atoms with van der Waals surface area (Å²) in [7, 11) is -3.65. The van der Waals surface area contributed by atoms with Crippen LogP contribution in [0.1, 0.15) is 20.8 Å². The molecule has 0 aliphatic carbocycles. The van der Waals surface area contributed by atoms with Gasteiger partial charge < -0.3 is 9.30 Å². The second kappa shape index (κ2) is 6.93. The van der Waals surface area contributed by atoms with E-state index in [2.05, 4.69) is 0 Å². The van der Waals surface area contributed by atoms with Crippen molar-refractivity contribution in [3.63, 3.8) is 0 Å². The molecular formula is C19H17F2O3PS. The average molecular weight is 394 g/mol. The predicted octanol–water partition coefficient (Wildman–Crippen LogP) is 5.93. The largest absolute Gasteiger partial charge is 0.457 e. The molecule has 3 nitrogen and oxygen atoms in total. The third kappa shape index (κ3) is 3.71. The number of carbonyl (C=O) groups excluding carboxylic acids is 1. The van der Waals surface area contributed by atoms with Crippen molar-refractivity contribution in [1.82, 2.24) is 0 Å². The standard InChI is InChI=1S/C19H17F2O3PS/c1-25(2,23)19(20,21)15-8-9-16-14(10-15)11-17(26-16)18(22)24-12-13-6-4-3-5-7-13/h3-11H,12H2,1-2H3. The summed E-state index contributed by atoms with van der Waals surface area (Å²) in [6.45, 7) is 2.28. The molecule has 0 aliphatic heterocycles. The first-order valence-corrected chi connectivity index (χ1v) is 11.3. The van der Waals surface area contributed by atoms with Gasteiger partial charge in [0, 0.05) is 10.3 Å². The molecule has 0 spiro atoms. The average Bonchev–Trinajstić information content (AvgIpc) is 3.03. The molecule has 0 radical (unpaired) electrons. The molecule has 7 heteroatoms. The van der Waals surface area contributed by atoms with E-state index in [9.17, 15) is 18.1 Å². The van der Waals surface area contributed by atoms with Crippen LogP contribution in [0.3, 0.4) is 0 Å². The lowest BCUT2D eigenvalue weighted by Crippen LogP contribution is -2.12. The molecule has 0 unspecified atom stereocenters. The SMILES string of the molecule is CP(C)(=O)C(F)(F)c1ccc2sc(C(=O)OCc3ccccc3)cc2c1. The van der Waals surface area contributed by atoms with E-state index in [0.29, 0.717) is 15.0 Å². The van der Waals surface area contributed by atoms with Gasteiger partial charge in [0.2, 0.25) is 0 Å². The summed E-state index contributed by atoms with van der Waals surface area (Å²) < 4.78 is 46.5. The zero-order chi connectivity index (χ0) is 18.9.